The van der Waals surface area contributed by atoms with Crippen LogP contribution in [0.2, 0.25) is 0 Å². The zero-order chi connectivity index (χ0) is 29.0. The highest BCUT2D eigenvalue weighted by atomic mass is 15.2. The maximum atomic E-state index is 5.34. The number of dihydropyridines is 1. The SMILES string of the molecule is C1=CCC(c2cc(-c3ccccc3)nc(-n3c4ccccc4c4ccc5c6ccccc6n(C6CC=CC=N6)c5c43)n2)C=C1. The van der Waals surface area contributed by atoms with E-state index in [1.54, 1.807) is 0 Å². The third kappa shape index (κ3) is 3.82. The number of aromatic nitrogens is 4. The summed E-state index contributed by atoms with van der Waals surface area (Å²) in [7, 11) is 0. The van der Waals surface area contributed by atoms with Gasteiger partial charge in [0.2, 0.25) is 5.95 Å². The number of benzene rings is 4. The van der Waals surface area contributed by atoms with E-state index < -0.39 is 0 Å². The Kier molecular flexibility index (Phi) is 5.69. The first-order chi connectivity index (χ1) is 21.8. The zero-order valence-corrected chi connectivity index (χ0v) is 24.1. The number of rotatable bonds is 4. The zero-order valence-electron chi connectivity index (χ0n) is 24.1. The fourth-order valence-corrected chi connectivity index (χ4v) is 6.99. The van der Waals surface area contributed by atoms with Gasteiger partial charge in [0, 0.05) is 45.7 Å². The van der Waals surface area contributed by atoms with E-state index in [1.165, 1.54) is 27.1 Å². The lowest BCUT2D eigenvalue weighted by molar-refractivity contribution is 0.563. The molecule has 2 unspecified atom stereocenters. The van der Waals surface area contributed by atoms with Crippen LogP contribution in [-0.2, 0) is 0 Å². The van der Waals surface area contributed by atoms with E-state index >= 15 is 0 Å². The minimum absolute atomic E-state index is 0.0363. The number of allylic oxidation sites excluding steroid dienone is 5. The Morgan fingerprint density at radius 2 is 1.34 bits per heavy atom. The summed E-state index contributed by atoms with van der Waals surface area (Å²) in [5.41, 5.74) is 7.57. The van der Waals surface area contributed by atoms with E-state index in [0.717, 1.165) is 46.3 Å². The smallest absolute Gasteiger partial charge is 0.235 e. The highest BCUT2D eigenvalue weighted by molar-refractivity contribution is 6.23. The number of nitrogens with zero attached hydrogens (tertiary/aromatic N) is 5. The molecule has 0 bridgehead atoms. The predicted octanol–water partition coefficient (Wildman–Crippen LogP) is 9.48. The summed E-state index contributed by atoms with van der Waals surface area (Å²) >= 11 is 0. The van der Waals surface area contributed by atoms with Gasteiger partial charge in [-0.3, -0.25) is 9.56 Å². The van der Waals surface area contributed by atoms with Gasteiger partial charge in [-0.1, -0.05) is 109 Å². The highest BCUT2D eigenvalue weighted by Gasteiger charge is 2.25. The summed E-state index contributed by atoms with van der Waals surface area (Å²) in [5.74, 6) is 0.874. The minimum Gasteiger partial charge on any atom is -0.315 e. The van der Waals surface area contributed by atoms with E-state index in [9.17, 15) is 0 Å². The Morgan fingerprint density at radius 3 is 2.11 bits per heavy atom. The molecule has 4 heterocycles. The Balaban J connectivity index is 1.43. The van der Waals surface area contributed by atoms with E-state index in [4.69, 9.17) is 15.0 Å². The van der Waals surface area contributed by atoms with Crippen molar-refractivity contribution in [1.29, 1.82) is 0 Å². The number of hydrogen-bond donors (Lipinski definition) is 0. The highest BCUT2D eigenvalue weighted by Crippen LogP contribution is 2.42. The third-order valence-corrected chi connectivity index (χ3v) is 8.99. The lowest BCUT2D eigenvalue weighted by Crippen LogP contribution is -2.10. The molecule has 7 aromatic rings. The number of aliphatic imine (C=N–C) groups is 1. The van der Waals surface area contributed by atoms with E-state index in [0.29, 0.717) is 5.95 Å². The van der Waals surface area contributed by atoms with Crippen LogP contribution < -0.4 is 0 Å². The third-order valence-electron chi connectivity index (χ3n) is 8.99. The molecule has 0 N–H and O–H groups in total. The van der Waals surface area contributed by atoms with Crippen LogP contribution in [0.3, 0.4) is 0 Å². The van der Waals surface area contributed by atoms with Crippen LogP contribution in [-0.4, -0.2) is 25.3 Å². The fraction of sp³-hybridized carbons (Fsp3) is 0.103. The first-order valence-electron chi connectivity index (χ1n) is 15.3. The summed E-state index contributed by atoms with van der Waals surface area (Å²) in [5, 5.41) is 4.80. The number of para-hydroxylation sites is 2. The second-order valence-corrected chi connectivity index (χ2v) is 11.5. The summed E-state index contributed by atoms with van der Waals surface area (Å²) in [6, 6.07) is 34.5. The minimum atomic E-state index is -0.0363. The number of fused-ring (bicyclic) bond motifs is 7. The normalized spacial score (nSPS) is 17.9. The van der Waals surface area contributed by atoms with Gasteiger partial charge in [-0.25, -0.2) is 9.97 Å². The van der Waals surface area contributed by atoms with Gasteiger partial charge in [0.1, 0.15) is 6.17 Å². The number of hydrogen-bond acceptors (Lipinski definition) is 3. The van der Waals surface area contributed by atoms with Crippen LogP contribution in [0.15, 0.2) is 139 Å². The van der Waals surface area contributed by atoms with Gasteiger partial charge in [0.05, 0.1) is 33.5 Å². The molecule has 9 rings (SSSR count). The van der Waals surface area contributed by atoms with Gasteiger partial charge < -0.3 is 4.57 Å². The Bertz CT molecular complexity index is 2350. The molecular weight excluding hydrogens is 538 g/mol. The Labute approximate surface area is 254 Å². The van der Waals surface area contributed by atoms with Crippen LogP contribution in [0.25, 0.3) is 60.8 Å². The van der Waals surface area contributed by atoms with E-state index in [-0.39, 0.29) is 12.1 Å². The van der Waals surface area contributed by atoms with Crippen LogP contribution in [0, 0.1) is 0 Å². The van der Waals surface area contributed by atoms with Gasteiger partial charge in [0.25, 0.3) is 0 Å². The molecule has 5 nitrogen and oxygen atoms in total. The second-order valence-electron chi connectivity index (χ2n) is 11.5. The summed E-state index contributed by atoms with van der Waals surface area (Å²) < 4.78 is 4.72. The van der Waals surface area contributed by atoms with Gasteiger partial charge in [-0.05, 0) is 30.7 Å². The topological polar surface area (TPSA) is 48.0 Å². The van der Waals surface area contributed by atoms with Crippen LogP contribution >= 0.6 is 0 Å². The summed E-state index contributed by atoms with van der Waals surface area (Å²) in [4.78, 5) is 15.6. The molecule has 5 heteroatoms. The van der Waals surface area contributed by atoms with Crippen molar-refractivity contribution in [1.82, 2.24) is 19.1 Å². The van der Waals surface area contributed by atoms with Gasteiger partial charge >= 0.3 is 0 Å². The second kappa shape index (κ2) is 10.0. The van der Waals surface area contributed by atoms with Crippen molar-refractivity contribution >= 4 is 49.8 Å². The van der Waals surface area contributed by atoms with Crippen molar-refractivity contribution < 1.29 is 0 Å². The molecule has 0 saturated carbocycles. The molecule has 0 spiro atoms. The molecule has 210 valence electrons. The van der Waals surface area contributed by atoms with E-state index in [2.05, 4.69) is 131 Å². The van der Waals surface area contributed by atoms with Crippen molar-refractivity contribution in [3.8, 4) is 17.2 Å². The van der Waals surface area contributed by atoms with Gasteiger partial charge in [0.15, 0.2) is 0 Å². The van der Waals surface area contributed by atoms with E-state index in [1.807, 2.05) is 18.4 Å². The first kappa shape index (κ1) is 25.0. The maximum absolute atomic E-state index is 5.34. The molecule has 2 atom stereocenters. The van der Waals surface area contributed by atoms with Crippen molar-refractivity contribution in [3.05, 3.63) is 139 Å². The van der Waals surface area contributed by atoms with Crippen molar-refractivity contribution in [2.75, 3.05) is 0 Å². The molecular formula is C39H29N5. The predicted molar refractivity (Wildman–Crippen MR) is 182 cm³/mol. The molecule has 1 aliphatic heterocycles. The standard InChI is InChI=1S/C39H29N5/c1-3-13-26(14-4-1)32-25-33(27-15-5-2-6-16-27)42-39(41-32)44-35-20-10-8-18-29(35)31-23-22-30-28-17-7-9-19-34(28)43(37(30)38(31)44)36-21-11-12-24-40-36/h1-15,17-20,22-25,27,36H,16,21H2. The maximum Gasteiger partial charge on any atom is 0.235 e. The summed E-state index contributed by atoms with van der Waals surface area (Å²) in [6.45, 7) is 0. The molecule has 0 fully saturated rings. The Hall–Kier alpha value is -5.55. The Morgan fingerprint density at radius 1 is 0.614 bits per heavy atom. The fourth-order valence-electron chi connectivity index (χ4n) is 6.99. The largest absolute Gasteiger partial charge is 0.315 e. The molecule has 4 aromatic carbocycles. The molecule has 3 aromatic heterocycles. The molecule has 1 aliphatic carbocycles. The lowest BCUT2D eigenvalue weighted by atomic mass is 9.96. The first-order valence-corrected chi connectivity index (χ1v) is 15.3. The van der Waals surface area contributed by atoms with Crippen molar-refractivity contribution in [2.24, 2.45) is 4.99 Å². The monoisotopic (exact) mass is 567 g/mol. The van der Waals surface area contributed by atoms with Crippen molar-refractivity contribution in [2.45, 2.75) is 24.9 Å². The van der Waals surface area contributed by atoms with Crippen molar-refractivity contribution in [3.63, 3.8) is 0 Å². The summed E-state index contributed by atoms with van der Waals surface area (Å²) in [6.07, 6.45) is 16.6. The molecule has 2 aliphatic rings. The van der Waals surface area contributed by atoms with Crippen LogP contribution in [0.1, 0.15) is 30.6 Å². The molecule has 0 saturated heterocycles. The molecule has 0 amide bonds. The molecule has 0 radical (unpaired) electrons. The van der Waals surface area contributed by atoms with Gasteiger partial charge in [-0.2, -0.15) is 0 Å². The van der Waals surface area contributed by atoms with Gasteiger partial charge in [-0.15, -0.1) is 0 Å². The quantitative estimate of drug-likeness (QED) is 0.213. The average Bonchev–Trinajstić information content (AvgIpc) is 3.62. The lowest BCUT2D eigenvalue weighted by Gasteiger charge is -2.19. The van der Waals surface area contributed by atoms with Crippen LogP contribution in [0.4, 0.5) is 0 Å². The average molecular weight is 568 g/mol. The van der Waals surface area contributed by atoms with Crippen LogP contribution in [0.5, 0.6) is 0 Å². The molecule has 44 heavy (non-hydrogen) atoms.